The van der Waals surface area contributed by atoms with Crippen LogP contribution in [-0.4, -0.2) is 27.6 Å². The zero-order valence-corrected chi connectivity index (χ0v) is 14.0. The minimum absolute atomic E-state index is 0.00860. The molecule has 6 heteroatoms. The Morgan fingerprint density at radius 2 is 2.29 bits per heavy atom. The SMILES string of the molecule is CCCc1nn(CC(O)COC2CCCc3ccccc32)c(=O)o1. The fraction of sp³-hybridized carbons (Fsp3) is 0.556. The van der Waals surface area contributed by atoms with E-state index in [4.69, 9.17) is 9.15 Å². The van der Waals surface area contributed by atoms with Gasteiger partial charge in [0.2, 0.25) is 5.89 Å². The average Bonchev–Trinajstić information content (AvgIpc) is 2.92. The first kappa shape index (κ1) is 16.9. The molecule has 0 radical (unpaired) electrons. The molecular weight excluding hydrogens is 308 g/mol. The highest BCUT2D eigenvalue weighted by Crippen LogP contribution is 2.32. The second kappa shape index (κ2) is 7.77. The third-order valence-corrected chi connectivity index (χ3v) is 4.30. The van der Waals surface area contributed by atoms with Crippen LogP contribution < -0.4 is 5.76 Å². The van der Waals surface area contributed by atoms with Gasteiger partial charge in [-0.2, -0.15) is 4.68 Å². The van der Waals surface area contributed by atoms with Crippen molar-refractivity contribution >= 4 is 0 Å². The van der Waals surface area contributed by atoms with E-state index in [-0.39, 0.29) is 19.3 Å². The minimum atomic E-state index is -0.795. The standard InChI is InChI=1S/C18H24N2O4/c1-2-6-17-19-20(18(22)24-17)11-14(21)12-23-16-10-5-8-13-7-3-4-9-15(13)16/h3-4,7,9,14,16,21H,2,5-6,8,10-12H2,1H3. The van der Waals surface area contributed by atoms with Crippen LogP contribution in [0.25, 0.3) is 0 Å². The second-order valence-electron chi connectivity index (χ2n) is 6.26. The van der Waals surface area contributed by atoms with Crippen LogP contribution in [-0.2, 0) is 24.1 Å². The summed E-state index contributed by atoms with van der Waals surface area (Å²) in [5.74, 6) is -0.114. The van der Waals surface area contributed by atoms with Gasteiger partial charge in [-0.05, 0) is 36.8 Å². The number of hydrogen-bond acceptors (Lipinski definition) is 5. The molecule has 1 aliphatic carbocycles. The van der Waals surface area contributed by atoms with Crippen LogP contribution in [0.5, 0.6) is 0 Å². The Labute approximate surface area is 141 Å². The largest absolute Gasteiger partial charge is 0.437 e. The Balaban J connectivity index is 1.57. The van der Waals surface area contributed by atoms with Gasteiger partial charge >= 0.3 is 5.76 Å². The third kappa shape index (κ3) is 3.94. The maximum Gasteiger partial charge on any atom is 0.437 e. The molecule has 2 unspecified atom stereocenters. The summed E-state index contributed by atoms with van der Waals surface area (Å²) < 4.78 is 12.1. The summed E-state index contributed by atoms with van der Waals surface area (Å²) in [7, 11) is 0. The number of aliphatic hydroxyl groups is 1. The van der Waals surface area contributed by atoms with Gasteiger partial charge in [-0.15, -0.1) is 5.10 Å². The maximum atomic E-state index is 11.7. The van der Waals surface area contributed by atoms with Crippen molar-refractivity contribution in [2.75, 3.05) is 6.61 Å². The van der Waals surface area contributed by atoms with Crippen LogP contribution in [0, 0.1) is 0 Å². The molecule has 1 aromatic heterocycles. The van der Waals surface area contributed by atoms with Gasteiger partial charge in [-0.1, -0.05) is 31.2 Å². The molecule has 0 aliphatic heterocycles. The van der Waals surface area contributed by atoms with Crippen molar-refractivity contribution in [1.82, 2.24) is 9.78 Å². The molecule has 0 amide bonds. The van der Waals surface area contributed by atoms with Gasteiger partial charge in [0.25, 0.3) is 0 Å². The second-order valence-corrected chi connectivity index (χ2v) is 6.26. The van der Waals surface area contributed by atoms with E-state index in [0.29, 0.717) is 12.3 Å². The van der Waals surface area contributed by atoms with Crippen molar-refractivity contribution in [2.24, 2.45) is 0 Å². The Kier molecular flexibility index (Phi) is 5.48. The van der Waals surface area contributed by atoms with Gasteiger partial charge in [0.05, 0.1) is 25.4 Å². The lowest BCUT2D eigenvalue weighted by atomic mass is 9.89. The Morgan fingerprint density at radius 3 is 3.12 bits per heavy atom. The van der Waals surface area contributed by atoms with Crippen LogP contribution in [0.3, 0.4) is 0 Å². The Bertz CT molecular complexity index is 722. The number of hydrogen-bond donors (Lipinski definition) is 1. The Hall–Kier alpha value is -1.92. The first-order chi connectivity index (χ1) is 11.7. The van der Waals surface area contributed by atoms with E-state index >= 15 is 0 Å². The molecule has 1 N–H and O–H groups in total. The summed E-state index contributed by atoms with van der Waals surface area (Å²) in [4.78, 5) is 11.7. The van der Waals surface area contributed by atoms with E-state index in [0.717, 1.165) is 25.7 Å². The van der Waals surface area contributed by atoms with E-state index in [1.54, 1.807) is 0 Å². The molecule has 0 fully saturated rings. The van der Waals surface area contributed by atoms with Gasteiger partial charge in [0, 0.05) is 6.42 Å². The highest BCUT2D eigenvalue weighted by molar-refractivity contribution is 5.31. The normalized spacial score (nSPS) is 18.3. The fourth-order valence-electron chi connectivity index (χ4n) is 3.14. The quantitative estimate of drug-likeness (QED) is 0.841. The van der Waals surface area contributed by atoms with Crippen molar-refractivity contribution in [3.63, 3.8) is 0 Å². The molecular formula is C18H24N2O4. The monoisotopic (exact) mass is 332 g/mol. The zero-order chi connectivity index (χ0) is 16.9. The summed E-state index contributed by atoms with van der Waals surface area (Å²) >= 11 is 0. The van der Waals surface area contributed by atoms with Gasteiger partial charge in [0.1, 0.15) is 0 Å². The van der Waals surface area contributed by atoms with Crippen LogP contribution in [0.4, 0.5) is 0 Å². The first-order valence-electron chi connectivity index (χ1n) is 8.61. The molecule has 0 saturated carbocycles. The molecule has 1 heterocycles. The lowest BCUT2D eigenvalue weighted by Gasteiger charge is -2.26. The smallest absolute Gasteiger partial charge is 0.392 e. The predicted octanol–water partition coefficient (Wildman–Crippen LogP) is 2.24. The minimum Gasteiger partial charge on any atom is -0.392 e. The first-order valence-corrected chi connectivity index (χ1v) is 8.61. The summed E-state index contributed by atoms with van der Waals surface area (Å²) in [6, 6.07) is 8.28. The summed E-state index contributed by atoms with van der Waals surface area (Å²) in [5.41, 5.74) is 2.53. The summed E-state index contributed by atoms with van der Waals surface area (Å²) in [6.45, 7) is 2.24. The summed E-state index contributed by atoms with van der Waals surface area (Å²) in [6.07, 6.45) is 3.80. The van der Waals surface area contributed by atoms with Crippen molar-refractivity contribution in [1.29, 1.82) is 0 Å². The molecule has 6 nitrogen and oxygen atoms in total. The number of nitrogens with zero attached hydrogens (tertiary/aromatic N) is 2. The van der Waals surface area contributed by atoms with E-state index in [9.17, 15) is 9.90 Å². The number of fused-ring (bicyclic) bond motifs is 1. The Morgan fingerprint density at radius 1 is 1.46 bits per heavy atom. The molecule has 1 aromatic carbocycles. The van der Waals surface area contributed by atoms with Gasteiger partial charge < -0.3 is 14.3 Å². The van der Waals surface area contributed by atoms with Crippen LogP contribution >= 0.6 is 0 Å². The number of aliphatic hydroxyl groups excluding tert-OH is 1. The van der Waals surface area contributed by atoms with Crippen LogP contribution in [0.1, 0.15) is 49.3 Å². The molecule has 130 valence electrons. The highest BCUT2D eigenvalue weighted by atomic mass is 16.5. The van der Waals surface area contributed by atoms with Crippen molar-refractivity contribution < 1.29 is 14.3 Å². The van der Waals surface area contributed by atoms with Crippen molar-refractivity contribution in [2.45, 2.75) is 57.8 Å². The lowest BCUT2D eigenvalue weighted by molar-refractivity contribution is -0.0241. The zero-order valence-electron chi connectivity index (χ0n) is 14.0. The molecule has 1 aliphatic rings. The average molecular weight is 332 g/mol. The van der Waals surface area contributed by atoms with E-state index in [2.05, 4.69) is 17.2 Å². The van der Waals surface area contributed by atoms with E-state index < -0.39 is 11.9 Å². The van der Waals surface area contributed by atoms with Gasteiger partial charge in [-0.25, -0.2) is 4.79 Å². The van der Waals surface area contributed by atoms with Crippen LogP contribution in [0.2, 0.25) is 0 Å². The fourth-order valence-corrected chi connectivity index (χ4v) is 3.14. The topological polar surface area (TPSA) is 77.5 Å². The number of rotatable bonds is 7. The van der Waals surface area contributed by atoms with Crippen molar-refractivity contribution in [3.05, 3.63) is 51.8 Å². The predicted molar refractivity (Wildman–Crippen MR) is 88.8 cm³/mol. The molecule has 24 heavy (non-hydrogen) atoms. The van der Waals surface area contributed by atoms with Crippen LogP contribution in [0.15, 0.2) is 33.5 Å². The molecule has 2 aromatic rings. The number of benzene rings is 1. The molecule has 0 bridgehead atoms. The highest BCUT2D eigenvalue weighted by Gasteiger charge is 2.21. The van der Waals surface area contributed by atoms with Gasteiger partial charge in [-0.3, -0.25) is 0 Å². The number of aromatic nitrogens is 2. The summed E-state index contributed by atoms with van der Waals surface area (Å²) in [5, 5.41) is 14.3. The lowest BCUT2D eigenvalue weighted by Crippen LogP contribution is -2.29. The maximum absolute atomic E-state index is 11.7. The van der Waals surface area contributed by atoms with E-state index in [1.807, 2.05) is 19.1 Å². The third-order valence-electron chi connectivity index (χ3n) is 4.30. The molecule has 2 atom stereocenters. The molecule has 0 saturated heterocycles. The van der Waals surface area contributed by atoms with Gasteiger partial charge in [0.15, 0.2) is 0 Å². The molecule has 0 spiro atoms. The number of ether oxygens (including phenoxy) is 1. The number of aryl methyl sites for hydroxylation is 2. The van der Waals surface area contributed by atoms with Crippen molar-refractivity contribution in [3.8, 4) is 0 Å². The molecule has 3 rings (SSSR count). The van der Waals surface area contributed by atoms with E-state index in [1.165, 1.54) is 15.8 Å².